The first-order chi connectivity index (χ1) is 12.1. The maximum absolute atomic E-state index is 12.8. The molecule has 2 heterocycles. The van der Waals surface area contributed by atoms with Gasteiger partial charge in [-0.15, -0.1) is 0 Å². The van der Waals surface area contributed by atoms with Crippen LogP contribution >= 0.6 is 11.8 Å². The van der Waals surface area contributed by atoms with E-state index < -0.39 is 17.6 Å². The van der Waals surface area contributed by atoms with Crippen molar-refractivity contribution in [1.82, 2.24) is 4.90 Å². The maximum Gasteiger partial charge on any atom is 0.416 e. The molecule has 1 aromatic carbocycles. The molecule has 2 aliphatic heterocycles. The molecule has 1 saturated heterocycles. The van der Waals surface area contributed by atoms with E-state index in [1.165, 1.54) is 12.1 Å². The minimum absolute atomic E-state index is 0.111. The van der Waals surface area contributed by atoms with Crippen molar-refractivity contribution < 1.29 is 22.8 Å². The lowest BCUT2D eigenvalue weighted by Gasteiger charge is -2.34. The van der Waals surface area contributed by atoms with Gasteiger partial charge >= 0.3 is 6.18 Å². The molecule has 2 aliphatic rings. The summed E-state index contributed by atoms with van der Waals surface area (Å²) >= 11 is 1.01. The van der Waals surface area contributed by atoms with Crippen molar-refractivity contribution >= 4 is 29.3 Å². The molecule has 4 nitrogen and oxygen atoms in total. The second-order valence-electron chi connectivity index (χ2n) is 6.96. The Kier molecular flexibility index (Phi) is 5.05. The van der Waals surface area contributed by atoms with Gasteiger partial charge in [-0.05, 0) is 36.5 Å². The van der Waals surface area contributed by atoms with Gasteiger partial charge in [0.15, 0.2) is 0 Å². The SMILES string of the molecule is C[C@@H]1C[C@@H](C)CN(C(=O)/C=C2/Sc3ccc(C(F)(F)F)cc3NC2=O)C1. The van der Waals surface area contributed by atoms with Crippen LogP contribution in [0, 0.1) is 11.8 Å². The van der Waals surface area contributed by atoms with Gasteiger partial charge in [-0.3, -0.25) is 9.59 Å². The zero-order valence-corrected chi connectivity index (χ0v) is 15.2. The number of alkyl halides is 3. The summed E-state index contributed by atoms with van der Waals surface area (Å²) in [7, 11) is 0. The fourth-order valence-electron chi connectivity index (χ4n) is 3.38. The molecule has 1 aromatic rings. The van der Waals surface area contributed by atoms with Gasteiger partial charge in [0.2, 0.25) is 5.91 Å². The van der Waals surface area contributed by atoms with Crippen LogP contribution in [0.2, 0.25) is 0 Å². The Hall–Kier alpha value is -1.96. The molecule has 1 N–H and O–H groups in total. The second-order valence-corrected chi connectivity index (χ2v) is 8.05. The zero-order valence-electron chi connectivity index (χ0n) is 14.4. The maximum atomic E-state index is 12.8. The highest BCUT2D eigenvalue weighted by Gasteiger charge is 2.33. The van der Waals surface area contributed by atoms with E-state index in [4.69, 9.17) is 0 Å². The molecule has 140 valence electrons. The zero-order chi connectivity index (χ0) is 19.1. The van der Waals surface area contributed by atoms with E-state index in [2.05, 4.69) is 19.2 Å². The van der Waals surface area contributed by atoms with Crippen LogP contribution < -0.4 is 5.32 Å². The number of rotatable bonds is 1. The molecule has 2 amide bonds. The summed E-state index contributed by atoms with van der Waals surface area (Å²) in [6.07, 6.45) is -2.13. The Bertz CT molecular complexity index is 766. The van der Waals surface area contributed by atoms with Gasteiger partial charge in [0.25, 0.3) is 5.91 Å². The minimum Gasteiger partial charge on any atom is -0.339 e. The van der Waals surface area contributed by atoms with E-state index >= 15 is 0 Å². The van der Waals surface area contributed by atoms with Gasteiger partial charge in [-0.2, -0.15) is 13.2 Å². The van der Waals surface area contributed by atoms with Crippen LogP contribution in [0.5, 0.6) is 0 Å². The summed E-state index contributed by atoms with van der Waals surface area (Å²) < 4.78 is 38.4. The normalized spacial score (nSPS) is 25.0. The molecular weight excluding hydrogens is 365 g/mol. The van der Waals surface area contributed by atoms with E-state index in [0.717, 1.165) is 30.3 Å². The van der Waals surface area contributed by atoms with Crippen LogP contribution in [0.3, 0.4) is 0 Å². The number of thioether (sulfide) groups is 1. The molecule has 0 aliphatic carbocycles. The number of piperidine rings is 1. The number of carbonyl (C=O) groups is 2. The number of anilines is 1. The quantitative estimate of drug-likeness (QED) is 0.741. The van der Waals surface area contributed by atoms with E-state index in [0.29, 0.717) is 29.8 Å². The van der Waals surface area contributed by atoms with Crippen LogP contribution in [0.1, 0.15) is 25.8 Å². The highest BCUT2D eigenvalue weighted by atomic mass is 32.2. The van der Waals surface area contributed by atoms with Crippen molar-refractivity contribution in [1.29, 1.82) is 0 Å². The first kappa shape index (κ1) is 18.8. The lowest BCUT2D eigenvalue weighted by Crippen LogP contribution is -2.42. The van der Waals surface area contributed by atoms with Gasteiger partial charge in [0.1, 0.15) is 0 Å². The van der Waals surface area contributed by atoms with Crippen molar-refractivity contribution in [2.45, 2.75) is 31.3 Å². The largest absolute Gasteiger partial charge is 0.416 e. The third-order valence-corrected chi connectivity index (χ3v) is 5.53. The number of hydrogen-bond donors (Lipinski definition) is 1. The number of nitrogens with zero attached hydrogens (tertiary/aromatic N) is 1. The molecular formula is C18H19F3N2O2S. The Morgan fingerprint density at radius 2 is 1.92 bits per heavy atom. The number of benzene rings is 1. The summed E-state index contributed by atoms with van der Waals surface area (Å²) in [5.41, 5.74) is -0.711. The summed E-state index contributed by atoms with van der Waals surface area (Å²) in [5, 5.41) is 2.45. The third kappa shape index (κ3) is 4.06. The summed E-state index contributed by atoms with van der Waals surface area (Å²) in [5.74, 6) is -0.00408. The average Bonchev–Trinajstić information content (AvgIpc) is 2.53. The highest BCUT2D eigenvalue weighted by Crippen LogP contribution is 2.41. The van der Waals surface area contributed by atoms with Gasteiger partial charge in [0.05, 0.1) is 16.2 Å². The number of likely N-dealkylation sites (tertiary alicyclic amines) is 1. The van der Waals surface area contributed by atoms with Gasteiger partial charge in [-0.25, -0.2) is 0 Å². The first-order valence-corrected chi connectivity index (χ1v) is 9.16. The summed E-state index contributed by atoms with van der Waals surface area (Å²) in [6.45, 7) is 5.45. The van der Waals surface area contributed by atoms with Crippen molar-refractivity contribution in [3.05, 3.63) is 34.7 Å². The number of carbonyl (C=O) groups excluding carboxylic acids is 2. The first-order valence-electron chi connectivity index (χ1n) is 8.34. The van der Waals surface area contributed by atoms with E-state index in [-0.39, 0.29) is 16.5 Å². The van der Waals surface area contributed by atoms with Crippen LogP contribution in [0.15, 0.2) is 34.1 Å². The Balaban J connectivity index is 1.79. The fraction of sp³-hybridized carbons (Fsp3) is 0.444. The number of halogens is 3. The van der Waals surface area contributed by atoms with Crippen LogP contribution in [-0.2, 0) is 15.8 Å². The summed E-state index contributed by atoms with van der Waals surface area (Å²) in [6, 6.07) is 3.19. The van der Waals surface area contributed by atoms with Gasteiger partial charge in [0, 0.05) is 24.1 Å². The minimum atomic E-state index is -4.47. The molecule has 0 saturated carbocycles. The molecule has 2 atom stereocenters. The third-order valence-electron chi connectivity index (χ3n) is 4.43. The lowest BCUT2D eigenvalue weighted by molar-refractivity contribution is -0.137. The van der Waals surface area contributed by atoms with E-state index in [1.807, 2.05) is 0 Å². The molecule has 0 radical (unpaired) electrons. The van der Waals surface area contributed by atoms with Crippen molar-refractivity contribution in [3.8, 4) is 0 Å². The predicted octanol–water partition coefficient (Wildman–Crippen LogP) is 4.14. The van der Waals surface area contributed by atoms with Gasteiger partial charge in [-0.1, -0.05) is 25.6 Å². The van der Waals surface area contributed by atoms with Crippen LogP contribution in [-0.4, -0.2) is 29.8 Å². The number of nitrogens with one attached hydrogen (secondary N) is 1. The number of fused-ring (bicyclic) bond motifs is 1. The molecule has 1 fully saturated rings. The molecule has 26 heavy (non-hydrogen) atoms. The summed E-state index contributed by atoms with van der Waals surface area (Å²) in [4.78, 5) is 27.1. The van der Waals surface area contributed by atoms with Gasteiger partial charge < -0.3 is 10.2 Å². The van der Waals surface area contributed by atoms with E-state index in [9.17, 15) is 22.8 Å². The van der Waals surface area contributed by atoms with Crippen molar-refractivity contribution in [2.24, 2.45) is 11.8 Å². The predicted molar refractivity (Wildman–Crippen MR) is 93.5 cm³/mol. The Labute approximate surface area is 153 Å². The topological polar surface area (TPSA) is 49.4 Å². The highest BCUT2D eigenvalue weighted by molar-refractivity contribution is 8.04. The fourth-order valence-corrected chi connectivity index (χ4v) is 4.28. The Morgan fingerprint density at radius 1 is 1.27 bits per heavy atom. The van der Waals surface area contributed by atoms with Crippen molar-refractivity contribution in [2.75, 3.05) is 18.4 Å². The number of amides is 2. The molecule has 0 bridgehead atoms. The molecule has 3 rings (SSSR count). The Morgan fingerprint density at radius 3 is 2.54 bits per heavy atom. The van der Waals surface area contributed by atoms with Crippen molar-refractivity contribution in [3.63, 3.8) is 0 Å². The monoisotopic (exact) mass is 384 g/mol. The molecule has 0 unspecified atom stereocenters. The standard InChI is InChI=1S/C18H19F3N2O2S/c1-10-5-11(2)9-23(8-10)16(24)7-15-17(25)22-13-6-12(18(19,20)21)3-4-14(13)26-15/h3-4,6-7,10-11H,5,8-9H2,1-2H3,(H,22,25)/b15-7+/t10-,11-/m1/s1. The average molecular weight is 384 g/mol. The molecule has 0 aromatic heterocycles. The smallest absolute Gasteiger partial charge is 0.339 e. The van der Waals surface area contributed by atoms with Crippen LogP contribution in [0.4, 0.5) is 18.9 Å². The molecule has 8 heteroatoms. The van der Waals surface area contributed by atoms with Crippen LogP contribution in [0.25, 0.3) is 0 Å². The number of hydrogen-bond acceptors (Lipinski definition) is 3. The molecule has 0 spiro atoms. The second kappa shape index (κ2) is 6.98. The lowest BCUT2D eigenvalue weighted by atomic mass is 9.92. The van der Waals surface area contributed by atoms with E-state index in [1.54, 1.807) is 4.90 Å².